The van der Waals surface area contributed by atoms with Crippen LogP contribution in [0.15, 0.2) is 0 Å². The van der Waals surface area contributed by atoms with Crippen LogP contribution in [0.3, 0.4) is 0 Å². The maximum absolute atomic E-state index is 3.51. The van der Waals surface area contributed by atoms with Crippen molar-refractivity contribution in [2.45, 2.75) is 51.9 Å². The van der Waals surface area contributed by atoms with Crippen molar-refractivity contribution in [3.63, 3.8) is 0 Å². The fraction of sp³-hybridized carbons (Fsp3) is 1.00. The van der Waals surface area contributed by atoms with Crippen molar-refractivity contribution < 1.29 is 18.7 Å². The van der Waals surface area contributed by atoms with Crippen molar-refractivity contribution in [3.8, 4) is 0 Å². The standard InChI is InChI=1S/C8H18P.Pd/c1-7(2,3)9-8(4,5)6;/h1-6H3;/q-1;+1. The Morgan fingerprint density at radius 3 is 1.00 bits per heavy atom. The minimum absolute atomic E-state index is 0.0127. The molecule has 0 unspecified atom stereocenters. The van der Waals surface area contributed by atoms with Gasteiger partial charge in [0.2, 0.25) is 0 Å². The van der Waals surface area contributed by atoms with E-state index in [2.05, 4.69) is 60.2 Å². The van der Waals surface area contributed by atoms with Gasteiger partial charge in [-0.15, -0.1) is 0 Å². The van der Waals surface area contributed by atoms with Gasteiger partial charge < -0.3 is 0 Å². The predicted molar refractivity (Wildman–Crippen MR) is 46.4 cm³/mol. The summed E-state index contributed by atoms with van der Waals surface area (Å²) >= 11 is 3.51. The molecule has 0 saturated heterocycles. The van der Waals surface area contributed by atoms with Crippen LogP contribution in [0.4, 0.5) is 0 Å². The molecule has 0 aliphatic carbocycles. The van der Waals surface area contributed by atoms with Crippen LogP contribution in [0.5, 0.6) is 0 Å². The predicted octanol–water partition coefficient (Wildman–Crippen LogP) is 3.53. The van der Waals surface area contributed by atoms with Gasteiger partial charge in [0.25, 0.3) is 0 Å². The van der Waals surface area contributed by atoms with E-state index in [-0.39, 0.29) is 6.11 Å². The average Bonchev–Trinajstić information content (AvgIpc) is 1.59. The Balaban J connectivity index is 4.23. The zero-order chi connectivity index (χ0) is 8.58. The van der Waals surface area contributed by atoms with Gasteiger partial charge in [0.1, 0.15) is 0 Å². The molecule has 0 aliphatic rings. The van der Waals surface area contributed by atoms with Crippen LogP contribution in [-0.2, 0) is 18.7 Å². The third-order valence-corrected chi connectivity index (χ3v) is 9.54. The molecule has 0 spiro atoms. The second kappa shape index (κ2) is 3.22. The van der Waals surface area contributed by atoms with Crippen LogP contribution < -0.4 is 0 Å². The number of rotatable bonds is 0. The first-order valence-corrected chi connectivity index (χ1v) is 6.85. The summed E-state index contributed by atoms with van der Waals surface area (Å²) in [5.41, 5.74) is 0. The topological polar surface area (TPSA) is 0 Å². The number of hydrogen-bond acceptors (Lipinski definition) is 0. The van der Waals surface area contributed by atoms with Gasteiger partial charge in [0.15, 0.2) is 0 Å². The van der Waals surface area contributed by atoms with Crippen molar-refractivity contribution in [2.75, 3.05) is 0 Å². The molecule has 0 aromatic heterocycles. The molecule has 0 fully saturated rings. The fourth-order valence-corrected chi connectivity index (χ4v) is 3.02. The molecule has 0 atom stereocenters. The molecule has 0 N–H and O–H groups in total. The number of hydrogen-bond donors (Lipinski definition) is 0. The Morgan fingerprint density at radius 2 is 1.00 bits per heavy atom. The molecule has 0 amide bonds. The van der Waals surface area contributed by atoms with E-state index < -0.39 is 0 Å². The second-order valence-corrected chi connectivity index (χ2v) is 9.87. The van der Waals surface area contributed by atoms with E-state index in [1.807, 2.05) is 0 Å². The van der Waals surface area contributed by atoms with Crippen molar-refractivity contribution >= 4 is 6.11 Å². The van der Waals surface area contributed by atoms with Crippen LogP contribution >= 0.6 is 6.11 Å². The Bertz CT molecular complexity index is 93.4. The average molecular weight is 252 g/mol. The van der Waals surface area contributed by atoms with Crippen molar-refractivity contribution in [2.24, 2.45) is 0 Å². The van der Waals surface area contributed by atoms with E-state index in [4.69, 9.17) is 0 Å². The van der Waals surface area contributed by atoms with Gasteiger partial charge in [-0.25, -0.2) is 0 Å². The van der Waals surface area contributed by atoms with E-state index in [0.29, 0.717) is 10.3 Å². The van der Waals surface area contributed by atoms with Crippen molar-refractivity contribution in [3.05, 3.63) is 0 Å². The van der Waals surface area contributed by atoms with Crippen LogP contribution in [-0.4, -0.2) is 10.3 Å². The van der Waals surface area contributed by atoms with Crippen molar-refractivity contribution in [1.82, 2.24) is 0 Å². The molecular formula is C8H18PPd. The normalized spacial score (nSPS) is 14.5. The van der Waals surface area contributed by atoms with E-state index in [0.717, 1.165) is 0 Å². The first-order chi connectivity index (χ1) is 4.15. The van der Waals surface area contributed by atoms with Crippen molar-refractivity contribution in [1.29, 1.82) is 0 Å². The van der Waals surface area contributed by atoms with Gasteiger partial charge in [-0.1, -0.05) is 0 Å². The summed E-state index contributed by atoms with van der Waals surface area (Å²) in [5, 5.41) is 0.882. The molecule has 0 nitrogen and oxygen atoms in total. The molecule has 0 rings (SSSR count). The molecule has 65 valence electrons. The zero-order valence-electron chi connectivity index (χ0n) is 7.76. The van der Waals surface area contributed by atoms with E-state index >= 15 is 0 Å². The van der Waals surface area contributed by atoms with Crippen LogP contribution in [0, 0.1) is 0 Å². The summed E-state index contributed by atoms with van der Waals surface area (Å²) in [4.78, 5) is 0. The van der Waals surface area contributed by atoms with Gasteiger partial charge >= 0.3 is 76.7 Å². The summed E-state index contributed by atoms with van der Waals surface area (Å²) in [5.74, 6) is 0. The zero-order valence-corrected chi connectivity index (χ0v) is 10.2. The third-order valence-electron chi connectivity index (χ3n) is 1.10. The summed E-state index contributed by atoms with van der Waals surface area (Å²) in [6.45, 7) is 13.8. The van der Waals surface area contributed by atoms with Crippen LogP contribution in [0.1, 0.15) is 41.5 Å². The monoisotopic (exact) mass is 251 g/mol. The summed E-state index contributed by atoms with van der Waals surface area (Å²) < 4.78 is 0. The van der Waals surface area contributed by atoms with Gasteiger partial charge in [-0.3, -0.25) is 0 Å². The summed E-state index contributed by atoms with van der Waals surface area (Å²) in [6, 6.07) is 0. The van der Waals surface area contributed by atoms with E-state index in [1.54, 1.807) is 0 Å². The molecule has 0 saturated carbocycles. The minimum atomic E-state index is -0.0127. The quantitative estimate of drug-likeness (QED) is 0.456. The van der Waals surface area contributed by atoms with Gasteiger partial charge in [-0.05, 0) is 0 Å². The molecule has 0 aromatic carbocycles. The van der Waals surface area contributed by atoms with E-state index in [1.165, 1.54) is 0 Å². The molecule has 2 heteroatoms. The Labute approximate surface area is 76.8 Å². The van der Waals surface area contributed by atoms with Gasteiger partial charge in [0, 0.05) is 0 Å². The second-order valence-electron chi connectivity index (χ2n) is 4.59. The van der Waals surface area contributed by atoms with E-state index in [9.17, 15) is 0 Å². The third kappa shape index (κ3) is 3.47. The molecular weight excluding hydrogens is 233 g/mol. The molecule has 10 heavy (non-hydrogen) atoms. The van der Waals surface area contributed by atoms with Gasteiger partial charge in [0.05, 0.1) is 0 Å². The SMILES string of the molecule is CC(C)(C)[P]([Pd])C(C)(C)C. The Morgan fingerprint density at radius 1 is 0.800 bits per heavy atom. The first kappa shape index (κ1) is 11.1. The maximum atomic E-state index is 3.51. The molecule has 0 radical (unpaired) electrons. The Hall–Kier alpha value is 1.09. The Kier molecular flexibility index (Phi) is 3.57. The molecule has 0 bridgehead atoms. The first-order valence-electron chi connectivity index (χ1n) is 3.59. The molecule has 0 aliphatic heterocycles. The summed E-state index contributed by atoms with van der Waals surface area (Å²) in [7, 11) is 0. The summed E-state index contributed by atoms with van der Waals surface area (Å²) in [6.07, 6.45) is -0.0127. The van der Waals surface area contributed by atoms with Crippen LogP contribution in [0.2, 0.25) is 0 Å². The van der Waals surface area contributed by atoms with Crippen LogP contribution in [0.25, 0.3) is 0 Å². The molecule has 0 heterocycles. The fourth-order valence-electron chi connectivity index (χ4n) is 1.01. The van der Waals surface area contributed by atoms with Gasteiger partial charge in [-0.2, -0.15) is 0 Å². The molecule has 0 aromatic rings.